The first-order chi connectivity index (χ1) is 9.88. The monoisotopic (exact) mass is 352 g/mol. The summed E-state index contributed by atoms with van der Waals surface area (Å²) in [5.41, 5.74) is 0.284. The molecule has 8 heteroatoms. The first-order valence-electron chi connectivity index (χ1n) is 5.70. The molecule has 1 aromatic heterocycles. The van der Waals surface area contributed by atoms with Crippen molar-refractivity contribution in [2.75, 3.05) is 0 Å². The minimum Gasteiger partial charge on any atom is -0.477 e. The van der Waals surface area contributed by atoms with E-state index in [4.69, 9.17) is 9.84 Å². The van der Waals surface area contributed by atoms with Crippen molar-refractivity contribution in [3.05, 3.63) is 56.2 Å². The molecule has 0 saturated carbocycles. The SMILES string of the molecule is Cc1ccc([N+](=O)[O-])c(Oc2ncc(Br)cc2C(=O)O)c1. The van der Waals surface area contributed by atoms with Crippen molar-refractivity contribution in [2.24, 2.45) is 0 Å². The van der Waals surface area contributed by atoms with Crippen molar-refractivity contribution in [3.63, 3.8) is 0 Å². The second-order valence-electron chi connectivity index (χ2n) is 4.14. The Morgan fingerprint density at radius 1 is 1.43 bits per heavy atom. The van der Waals surface area contributed by atoms with Crippen LogP contribution in [0.1, 0.15) is 15.9 Å². The lowest BCUT2D eigenvalue weighted by Gasteiger charge is -2.08. The average molecular weight is 353 g/mol. The van der Waals surface area contributed by atoms with Gasteiger partial charge in [-0.1, -0.05) is 6.07 Å². The molecule has 7 nitrogen and oxygen atoms in total. The Morgan fingerprint density at radius 2 is 2.14 bits per heavy atom. The van der Waals surface area contributed by atoms with Gasteiger partial charge in [0.05, 0.1) is 4.92 Å². The summed E-state index contributed by atoms with van der Waals surface area (Å²) >= 11 is 3.11. The van der Waals surface area contributed by atoms with E-state index in [-0.39, 0.29) is 22.9 Å². The molecule has 0 unspecified atom stereocenters. The van der Waals surface area contributed by atoms with E-state index in [9.17, 15) is 14.9 Å². The topological polar surface area (TPSA) is 103 Å². The maximum atomic E-state index is 11.2. The van der Waals surface area contributed by atoms with E-state index >= 15 is 0 Å². The number of nitro benzene ring substituents is 1. The van der Waals surface area contributed by atoms with Crippen molar-refractivity contribution in [1.82, 2.24) is 4.98 Å². The maximum absolute atomic E-state index is 11.2. The van der Waals surface area contributed by atoms with Crippen LogP contribution in [0.25, 0.3) is 0 Å². The molecule has 1 N–H and O–H groups in total. The van der Waals surface area contributed by atoms with E-state index in [0.29, 0.717) is 4.47 Å². The Balaban J connectivity index is 2.50. The number of hydrogen-bond acceptors (Lipinski definition) is 5. The number of carboxylic acids is 1. The molecule has 21 heavy (non-hydrogen) atoms. The molecule has 0 saturated heterocycles. The zero-order valence-electron chi connectivity index (χ0n) is 10.7. The lowest BCUT2D eigenvalue weighted by molar-refractivity contribution is -0.385. The Bertz CT molecular complexity index is 732. The van der Waals surface area contributed by atoms with Gasteiger partial charge >= 0.3 is 11.7 Å². The quantitative estimate of drug-likeness (QED) is 0.666. The largest absolute Gasteiger partial charge is 0.477 e. The zero-order valence-corrected chi connectivity index (χ0v) is 12.3. The third-order valence-corrected chi connectivity index (χ3v) is 3.00. The molecule has 2 rings (SSSR count). The van der Waals surface area contributed by atoms with Gasteiger partial charge in [0.15, 0.2) is 0 Å². The normalized spacial score (nSPS) is 10.2. The fraction of sp³-hybridized carbons (Fsp3) is 0.0769. The van der Waals surface area contributed by atoms with Crippen LogP contribution in [0.15, 0.2) is 34.9 Å². The number of benzene rings is 1. The molecule has 0 aliphatic rings. The number of rotatable bonds is 4. The molecular weight excluding hydrogens is 344 g/mol. The van der Waals surface area contributed by atoms with Gasteiger partial charge < -0.3 is 9.84 Å². The predicted molar refractivity (Wildman–Crippen MR) is 76.8 cm³/mol. The molecule has 1 heterocycles. The minimum absolute atomic E-state index is 0.0580. The van der Waals surface area contributed by atoms with Crippen molar-refractivity contribution >= 4 is 27.6 Å². The summed E-state index contributed by atoms with van der Waals surface area (Å²) in [6.45, 7) is 1.74. The molecule has 0 aliphatic carbocycles. The highest BCUT2D eigenvalue weighted by atomic mass is 79.9. The number of aryl methyl sites for hydroxylation is 1. The van der Waals surface area contributed by atoms with Gasteiger partial charge in [0.1, 0.15) is 5.56 Å². The zero-order chi connectivity index (χ0) is 15.6. The molecule has 0 atom stereocenters. The van der Waals surface area contributed by atoms with E-state index in [1.54, 1.807) is 13.0 Å². The predicted octanol–water partition coefficient (Wildman–Crippen LogP) is 3.55. The Kier molecular flexibility index (Phi) is 4.18. The Hall–Kier alpha value is -2.48. The Labute approximate surface area is 127 Å². The van der Waals surface area contributed by atoms with E-state index in [1.807, 2.05) is 0 Å². The summed E-state index contributed by atoms with van der Waals surface area (Å²) in [5.74, 6) is -1.51. The van der Waals surface area contributed by atoms with Crippen LogP contribution in [-0.2, 0) is 0 Å². The van der Waals surface area contributed by atoms with Crippen LogP contribution in [0.2, 0.25) is 0 Å². The third kappa shape index (κ3) is 3.34. The van der Waals surface area contributed by atoms with E-state index in [1.165, 1.54) is 24.4 Å². The number of ether oxygens (including phenoxy) is 1. The number of pyridine rings is 1. The van der Waals surface area contributed by atoms with Crippen molar-refractivity contribution in [3.8, 4) is 11.6 Å². The number of hydrogen-bond donors (Lipinski definition) is 1. The number of carboxylic acid groups (broad SMARTS) is 1. The van der Waals surface area contributed by atoms with Crippen LogP contribution in [-0.4, -0.2) is 21.0 Å². The van der Waals surface area contributed by atoms with Crippen molar-refractivity contribution < 1.29 is 19.6 Å². The molecule has 0 bridgehead atoms. The van der Waals surface area contributed by atoms with Crippen LogP contribution in [0.3, 0.4) is 0 Å². The van der Waals surface area contributed by atoms with Gasteiger partial charge in [-0.25, -0.2) is 9.78 Å². The molecule has 0 aliphatic heterocycles. The molecule has 2 aromatic rings. The lowest BCUT2D eigenvalue weighted by Crippen LogP contribution is -2.03. The van der Waals surface area contributed by atoms with Gasteiger partial charge in [0.25, 0.3) is 0 Å². The standard InChI is InChI=1S/C13H9BrN2O5/c1-7-2-3-10(16(19)20)11(4-7)21-12-9(13(17)18)5-8(14)6-15-12/h2-6H,1H3,(H,17,18). The van der Waals surface area contributed by atoms with E-state index < -0.39 is 10.9 Å². The van der Waals surface area contributed by atoms with Crippen LogP contribution >= 0.6 is 15.9 Å². The molecular formula is C13H9BrN2O5. The van der Waals surface area contributed by atoms with Gasteiger partial charge in [0.2, 0.25) is 11.6 Å². The van der Waals surface area contributed by atoms with Crippen LogP contribution in [0.5, 0.6) is 11.6 Å². The van der Waals surface area contributed by atoms with Gasteiger partial charge in [-0.15, -0.1) is 0 Å². The summed E-state index contributed by atoms with van der Waals surface area (Å²) in [4.78, 5) is 25.4. The maximum Gasteiger partial charge on any atom is 0.341 e. The van der Waals surface area contributed by atoms with Crippen molar-refractivity contribution in [1.29, 1.82) is 0 Å². The number of nitrogens with zero attached hydrogens (tertiary/aromatic N) is 2. The molecule has 108 valence electrons. The summed E-state index contributed by atoms with van der Waals surface area (Å²) < 4.78 is 5.81. The third-order valence-electron chi connectivity index (χ3n) is 2.57. The Morgan fingerprint density at radius 3 is 2.76 bits per heavy atom. The van der Waals surface area contributed by atoms with Gasteiger partial charge in [-0.3, -0.25) is 10.1 Å². The fourth-order valence-electron chi connectivity index (χ4n) is 1.62. The second kappa shape index (κ2) is 5.88. The number of nitro groups is 1. The number of halogens is 1. The number of carbonyl (C=O) groups is 1. The second-order valence-corrected chi connectivity index (χ2v) is 5.06. The molecule has 1 aromatic carbocycles. The van der Waals surface area contributed by atoms with Gasteiger partial charge in [0, 0.05) is 16.7 Å². The molecule has 0 fully saturated rings. The first kappa shape index (κ1) is 14.9. The van der Waals surface area contributed by atoms with Gasteiger partial charge in [-0.05, 0) is 40.5 Å². The summed E-state index contributed by atoms with van der Waals surface area (Å²) in [6.07, 6.45) is 1.35. The summed E-state index contributed by atoms with van der Waals surface area (Å²) in [5, 5.41) is 20.1. The van der Waals surface area contributed by atoms with Crippen LogP contribution in [0.4, 0.5) is 5.69 Å². The molecule has 0 amide bonds. The average Bonchev–Trinajstić information content (AvgIpc) is 2.40. The fourth-order valence-corrected chi connectivity index (χ4v) is 1.95. The number of aromatic carboxylic acids is 1. The highest BCUT2D eigenvalue weighted by molar-refractivity contribution is 9.10. The smallest absolute Gasteiger partial charge is 0.341 e. The van der Waals surface area contributed by atoms with Crippen LogP contribution < -0.4 is 4.74 Å². The lowest BCUT2D eigenvalue weighted by atomic mass is 10.2. The summed E-state index contributed by atoms with van der Waals surface area (Å²) in [7, 11) is 0. The first-order valence-corrected chi connectivity index (χ1v) is 6.49. The van der Waals surface area contributed by atoms with E-state index in [0.717, 1.165) is 5.56 Å². The summed E-state index contributed by atoms with van der Waals surface area (Å²) in [6, 6.07) is 5.63. The van der Waals surface area contributed by atoms with E-state index in [2.05, 4.69) is 20.9 Å². The van der Waals surface area contributed by atoms with Crippen LogP contribution in [0, 0.1) is 17.0 Å². The molecule has 0 radical (unpaired) electrons. The van der Waals surface area contributed by atoms with Crippen molar-refractivity contribution in [2.45, 2.75) is 6.92 Å². The highest BCUT2D eigenvalue weighted by Gasteiger charge is 2.20. The highest BCUT2D eigenvalue weighted by Crippen LogP contribution is 2.33. The van der Waals surface area contributed by atoms with Gasteiger partial charge in [-0.2, -0.15) is 0 Å². The number of aromatic nitrogens is 1. The molecule has 0 spiro atoms. The minimum atomic E-state index is -1.24.